The zero-order valence-corrected chi connectivity index (χ0v) is 9.70. The molecule has 0 radical (unpaired) electrons. The van der Waals surface area contributed by atoms with Crippen molar-refractivity contribution in [3.8, 4) is 0 Å². The van der Waals surface area contributed by atoms with E-state index in [1.165, 1.54) is 6.07 Å². The Morgan fingerprint density at radius 2 is 2.00 bits per heavy atom. The number of aliphatic hydroxyl groups is 1. The summed E-state index contributed by atoms with van der Waals surface area (Å²) in [6, 6.07) is 4.33. The van der Waals surface area contributed by atoms with Gasteiger partial charge in [-0.2, -0.15) is 13.2 Å². The number of hydrogen-bond donors (Lipinski definition) is 1. The van der Waals surface area contributed by atoms with Crippen LogP contribution in [0.25, 0.3) is 0 Å². The standard InChI is InChI=1S/C11H15F3N2O/c1-8(2)16(7-11(12,13)14)10-5-3-4-9(6-17)15-10/h3-5,8,17H,6-7H2,1-2H3. The molecule has 0 saturated heterocycles. The highest BCUT2D eigenvalue weighted by molar-refractivity contribution is 5.40. The average molecular weight is 248 g/mol. The zero-order chi connectivity index (χ0) is 13.1. The Morgan fingerprint density at radius 1 is 1.35 bits per heavy atom. The predicted molar refractivity (Wildman–Crippen MR) is 58.7 cm³/mol. The Morgan fingerprint density at radius 3 is 2.47 bits per heavy atom. The molecule has 0 spiro atoms. The maximum absolute atomic E-state index is 12.4. The monoisotopic (exact) mass is 248 g/mol. The number of anilines is 1. The number of aromatic nitrogens is 1. The predicted octanol–water partition coefficient (Wildman–Crippen LogP) is 2.35. The summed E-state index contributed by atoms with van der Waals surface area (Å²) in [5, 5.41) is 8.91. The molecule has 0 bridgehead atoms. The van der Waals surface area contributed by atoms with Crippen LogP contribution in [0.2, 0.25) is 0 Å². The van der Waals surface area contributed by atoms with Gasteiger partial charge in [0.2, 0.25) is 0 Å². The van der Waals surface area contributed by atoms with E-state index in [4.69, 9.17) is 5.11 Å². The van der Waals surface area contributed by atoms with Crippen molar-refractivity contribution in [1.29, 1.82) is 0 Å². The zero-order valence-electron chi connectivity index (χ0n) is 9.70. The Bertz CT molecular complexity index is 366. The second-order valence-corrected chi connectivity index (χ2v) is 3.98. The Balaban J connectivity index is 2.97. The van der Waals surface area contributed by atoms with Crippen molar-refractivity contribution in [2.75, 3.05) is 11.4 Å². The molecule has 0 unspecified atom stereocenters. The van der Waals surface area contributed by atoms with Gasteiger partial charge in [-0.1, -0.05) is 6.07 Å². The molecule has 0 atom stereocenters. The van der Waals surface area contributed by atoms with Gasteiger partial charge in [-0.05, 0) is 26.0 Å². The summed E-state index contributed by atoms with van der Waals surface area (Å²) in [4.78, 5) is 5.12. The van der Waals surface area contributed by atoms with E-state index in [0.29, 0.717) is 5.69 Å². The van der Waals surface area contributed by atoms with E-state index in [-0.39, 0.29) is 18.5 Å². The first kappa shape index (κ1) is 13.8. The fourth-order valence-electron chi connectivity index (χ4n) is 1.44. The van der Waals surface area contributed by atoms with Crippen molar-refractivity contribution in [2.45, 2.75) is 32.7 Å². The van der Waals surface area contributed by atoms with Crippen LogP contribution in [0.3, 0.4) is 0 Å². The first-order valence-electron chi connectivity index (χ1n) is 5.23. The molecule has 1 heterocycles. The number of rotatable bonds is 4. The molecule has 96 valence electrons. The van der Waals surface area contributed by atoms with Gasteiger partial charge in [0.25, 0.3) is 0 Å². The average Bonchev–Trinajstić information content (AvgIpc) is 2.24. The van der Waals surface area contributed by atoms with Crippen molar-refractivity contribution in [3.63, 3.8) is 0 Å². The molecular formula is C11H15F3N2O. The Labute approximate surface area is 97.9 Å². The molecule has 1 N–H and O–H groups in total. The fraction of sp³-hybridized carbons (Fsp3) is 0.545. The summed E-state index contributed by atoms with van der Waals surface area (Å²) < 4.78 is 37.2. The number of hydrogen-bond acceptors (Lipinski definition) is 3. The summed E-state index contributed by atoms with van der Waals surface area (Å²) in [6.45, 7) is 2.00. The van der Waals surface area contributed by atoms with E-state index < -0.39 is 12.7 Å². The molecule has 6 heteroatoms. The van der Waals surface area contributed by atoms with E-state index in [9.17, 15) is 13.2 Å². The van der Waals surface area contributed by atoms with Crippen LogP contribution in [0.4, 0.5) is 19.0 Å². The molecule has 3 nitrogen and oxygen atoms in total. The lowest BCUT2D eigenvalue weighted by Crippen LogP contribution is -2.39. The third-order valence-electron chi connectivity index (χ3n) is 2.22. The summed E-state index contributed by atoms with van der Waals surface area (Å²) in [5.74, 6) is 0.226. The van der Waals surface area contributed by atoms with E-state index in [1.54, 1.807) is 26.0 Å². The van der Waals surface area contributed by atoms with E-state index >= 15 is 0 Å². The highest BCUT2D eigenvalue weighted by atomic mass is 19.4. The van der Waals surface area contributed by atoms with Crippen molar-refractivity contribution in [2.24, 2.45) is 0 Å². The van der Waals surface area contributed by atoms with Crippen LogP contribution in [0.15, 0.2) is 18.2 Å². The van der Waals surface area contributed by atoms with Crippen molar-refractivity contribution >= 4 is 5.82 Å². The van der Waals surface area contributed by atoms with Gasteiger partial charge < -0.3 is 10.0 Å². The summed E-state index contributed by atoms with van der Waals surface area (Å²) in [5.41, 5.74) is 0.357. The molecule has 0 saturated carbocycles. The van der Waals surface area contributed by atoms with Crippen LogP contribution in [-0.2, 0) is 6.61 Å². The molecule has 0 aromatic carbocycles. The van der Waals surface area contributed by atoms with Gasteiger partial charge in [0, 0.05) is 6.04 Å². The smallest absolute Gasteiger partial charge is 0.390 e. The van der Waals surface area contributed by atoms with Crippen LogP contribution in [0.1, 0.15) is 19.5 Å². The van der Waals surface area contributed by atoms with E-state index in [2.05, 4.69) is 4.98 Å². The van der Waals surface area contributed by atoms with Gasteiger partial charge in [-0.3, -0.25) is 0 Å². The minimum atomic E-state index is -4.28. The number of nitrogens with zero attached hydrogens (tertiary/aromatic N) is 2. The topological polar surface area (TPSA) is 36.4 Å². The highest BCUT2D eigenvalue weighted by Gasteiger charge is 2.32. The maximum Gasteiger partial charge on any atom is 0.405 e. The van der Waals surface area contributed by atoms with Crippen molar-refractivity contribution in [3.05, 3.63) is 23.9 Å². The van der Waals surface area contributed by atoms with E-state index in [0.717, 1.165) is 4.90 Å². The molecule has 1 aromatic heterocycles. The number of alkyl halides is 3. The Hall–Kier alpha value is -1.30. The molecule has 0 aliphatic carbocycles. The van der Waals surface area contributed by atoms with Crippen molar-refractivity contribution in [1.82, 2.24) is 4.98 Å². The van der Waals surface area contributed by atoms with Gasteiger partial charge in [0.15, 0.2) is 0 Å². The van der Waals surface area contributed by atoms with Gasteiger partial charge >= 0.3 is 6.18 Å². The minimum absolute atomic E-state index is 0.226. The summed E-state index contributed by atoms with van der Waals surface area (Å²) in [6.07, 6.45) is -4.28. The second-order valence-electron chi connectivity index (χ2n) is 3.98. The lowest BCUT2D eigenvalue weighted by molar-refractivity contribution is -0.120. The SMILES string of the molecule is CC(C)N(CC(F)(F)F)c1cccc(CO)n1. The summed E-state index contributed by atoms with van der Waals surface area (Å²) in [7, 11) is 0. The first-order chi connectivity index (χ1) is 7.83. The molecule has 1 aromatic rings. The number of aliphatic hydroxyl groups excluding tert-OH is 1. The Kier molecular flexibility index (Phi) is 4.34. The van der Waals surface area contributed by atoms with Gasteiger partial charge in [-0.15, -0.1) is 0 Å². The molecule has 0 aliphatic heterocycles. The molecule has 0 fully saturated rings. The highest BCUT2D eigenvalue weighted by Crippen LogP contribution is 2.22. The maximum atomic E-state index is 12.4. The van der Waals surface area contributed by atoms with Crippen molar-refractivity contribution < 1.29 is 18.3 Å². The molecule has 0 amide bonds. The quantitative estimate of drug-likeness (QED) is 0.888. The molecular weight excluding hydrogens is 233 g/mol. The van der Waals surface area contributed by atoms with Gasteiger partial charge in [0.1, 0.15) is 12.4 Å². The molecule has 0 aliphatic rings. The van der Waals surface area contributed by atoms with Crippen LogP contribution in [0, 0.1) is 0 Å². The number of halogens is 3. The summed E-state index contributed by atoms with van der Waals surface area (Å²) >= 11 is 0. The normalized spacial score (nSPS) is 11.9. The van der Waals surface area contributed by atoms with Gasteiger partial charge in [0.05, 0.1) is 12.3 Å². The lowest BCUT2D eigenvalue weighted by atomic mass is 10.3. The van der Waals surface area contributed by atoms with Crippen LogP contribution in [0.5, 0.6) is 0 Å². The third kappa shape index (κ3) is 4.22. The molecule has 17 heavy (non-hydrogen) atoms. The first-order valence-corrected chi connectivity index (χ1v) is 5.23. The van der Waals surface area contributed by atoms with Crippen LogP contribution >= 0.6 is 0 Å². The minimum Gasteiger partial charge on any atom is -0.390 e. The molecule has 1 rings (SSSR count). The van der Waals surface area contributed by atoms with E-state index in [1.807, 2.05) is 0 Å². The van der Waals surface area contributed by atoms with Crippen LogP contribution < -0.4 is 4.90 Å². The fourth-order valence-corrected chi connectivity index (χ4v) is 1.44. The number of pyridine rings is 1. The second kappa shape index (κ2) is 5.35. The third-order valence-corrected chi connectivity index (χ3v) is 2.22. The van der Waals surface area contributed by atoms with Gasteiger partial charge in [-0.25, -0.2) is 4.98 Å². The largest absolute Gasteiger partial charge is 0.405 e. The van der Waals surface area contributed by atoms with Crippen LogP contribution in [-0.4, -0.2) is 28.9 Å². The lowest BCUT2D eigenvalue weighted by Gasteiger charge is -2.28.